The van der Waals surface area contributed by atoms with Crippen molar-refractivity contribution in [1.82, 2.24) is 14.9 Å². The summed E-state index contributed by atoms with van der Waals surface area (Å²) in [7, 11) is 0. The molecule has 0 radical (unpaired) electrons. The van der Waals surface area contributed by atoms with Crippen LogP contribution in [0.25, 0.3) is 11.0 Å². The van der Waals surface area contributed by atoms with E-state index in [2.05, 4.69) is 15.6 Å². The Morgan fingerprint density at radius 3 is 2.67 bits per heavy atom. The van der Waals surface area contributed by atoms with Gasteiger partial charge in [0.1, 0.15) is 12.4 Å². The van der Waals surface area contributed by atoms with Gasteiger partial charge in [0.2, 0.25) is 12.7 Å². The van der Waals surface area contributed by atoms with Crippen LogP contribution in [-0.2, 0) is 17.9 Å². The van der Waals surface area contributed by atoms with Crippen molar-refractivity contribution in [1.29, 1.82) is 0 Å². The van der Waals surface area contributed by atoms with Crippen LogP contribution >= 0.6 is 0 Å². The van der Waals surface area contributed by atoms with Gasteiger partial charge < -0.3 is 24.7 Å². The van der Waals surface area contributed by atoms with Crippen LogP contribution in [0.5, 0.6) is 11.5 Å². The Hall–Kier alpha value is -4.33. The second-order valence-electron chi connectivity index (χ2n) is 7.72. The van der Waals surface area contributed by atoms with Gasteiger partial charge in [-0.1, -0.05) is 30.3 Å². The molecule has 2 N–H and O–H groups in total. The van der Waals surface area contributed by atoms with Gasteiger partial charge in [-0.15, -0.1) is 0 Å². The van der Waals surface area contributed by atoms with Crippen molar-refractivity contribution in [3.05, 3.63) is 83.7 Å². The van der Waals surface area contributed by atoms with E-state index in [9.17, 15) is 9.59 Å². The van der Waals surface area contributed by atoms with Gasteiger partial charge in [-0.3, -0.25) is 9.59 Å². The van der Waals surface area contributed by atoms with Crippen LogP contribution in [0.3, 0.4) is 0 Å². The van der Waals surface area contributed by atoms with Crippen molar-refractivity contribution in [2.24, 2.45) is 0 Å². The van der Waals surface area contributed by atoms with Gasteiger partial charge in [0.05, 0.1) is 17.6 Å². The maximum Gasteiger partial charge on any atom is 0.251 e. The predicted octanol–water partition coefficient (Wildman–Crippen LogP) is 3.64. The number of carbonyl (C=O) groups is 2. The van der Waals surface area contributed by atoms with Crippen LogP contribution in [0.2, 0.25) is 0 Å². The van der Waals surface area contributed by atoms with Gasteiger partial charge in [-0.2, -0.15) is 0 Å². The van der Waals surface area contributed by atoms with Crippen molar-refractivity contribution in [3.63, 3.8) is 0 Å². The quantitative estimate of drug-likeness (QED) is 0.475. The number of imidazole rings is 1. The van der Waals surface area contributed by atoms with Crippen LogP contribution in [0.15, 0.2) is 66.7 Å². The molecule has 3 aromatic carbocycles. The fourth-order valence-corrected chi connectivity index (χ4v) is 3.84. The topological polar surface area (TPSA) is 94.5 Å². The Kier molecular flexibility index (Phi) is 5.40. The monoisotopic (exact) mass is 442 g/mol. The van der Waals surface area contributed by atoms with Gasteiger partial charge in [-0.25, -0.2) is 4.98 Å². The third-order valence-corrected chi connectivity index (χ3v) is 5.49. The number of benzene rings is 3. The third kappa shape index (κ3) is 4.23. The highest BCUT2D eigenvalue weighted by atomic mass is 16.7. The molecule has 8 nitrogen and oxygen atoms in total. The zero-order valence-electron chi connectivity index (χ0n) is 18.0. The summed E-state index contributed by atoms with van der Waals surface area (Å²) in [5.74, 6) is 1.44. The molecule has 1 aliphatic rings. The van der Waals surface area contributed by atoms with Gasteiger partial charge in [0, 0.05) is 17.3 Å². The third-order valence-electron chi connectivity index (χ3n) is 5.49. The van der Waals surface area contributed by atoms with E-state index < -0.39 is 0 Å². The number of anilines is 1. The number of para-hydroxylation sites is 2. The second-order valence-corrected chi connectivity index (χ2v) is 7.72. The Morgan fingerprint density at radius 2 is 1.79 bits per heavy atom. The molecule has 2 amide bonds. The van der Waals surface area contributed by atoms with Crippen molar-refractivity contribution < 1.29 is 19.1 Å². The largest absolute Gasteiger partial charge is 0.454 e. The molecular weight excluding hydrogens is 420 g/mol. The zero-order valence-corrected chi connectivity index (χ0v) is 18.0. The normalized spacial score (nSPS) is 12.0. The molecular formula is C25H22N4O4. The number of rotatable bonds is 6. The van der Waals surface area contributed by atoms with Crippen molar-refractivity contribution in [2.75, 3.05) is 12.1 Å². The fraction of sp³-hybridized carbons (Fsp3) is 0.160. The standard InChI is InChI=1S/C25H22N4O4/c1-16-6-2-3-7-18(16)25(31)26-13-23-28-19-8-4-5-9-20(19)29(23)14-24(30)27-17-10-11-21-22(12-17)33-15-32-21/h2-12H,13-15H2,1H3,(H,26,31)(H,27,30). The number of fused-ring (bicyclic) bond motifs is 2. The zero-order chi connectivity index (χ0) is 22.8. The molecule has 0 atom stereocenters. The average Bonchev–Trinajstić information content (AvgIpc) is 3.42. The Balaban J connectivity index is 1.35. The molecule has 0 bridgehead atoms. The number of nitrogens with one attached hydrogen (secondary N) is 2. The van der Waals surface area contributed by atoms with E-state index in [4.69, 9.17) is 9.47 Å². The number of aromatic nitrogens is 2. The molecule has 4 aromatic rings. The molecule has 5 rings (SSSR count). The first-order valence-corrected chi connectivity index (χ1v) is 10.6. The molecule has 0 spiro atoms. The van der Waals surface area contributed by atoms with Crippen molar-refractivity contribution in [3.8, 4) is 11.5 Å². The number of hydrogen-bond acceptors (Lipinski definition) is 5. The minimum atomic E-state index is -0.219. The Labute approximate surface area is 190 Å². The highest BCUT2D eigenvalue weighted by Gasteiger charge is 2.17. The lowest BCUT2D eigenvalue weighted by Gasteiger charge is -2.12. The van der Waals surface area contributed by atoms with Gasteiger partial charge >= 0.3 is 0 Å². The van der Waals surface area contributed by atoms with Gasteiger partial charge in [-0.05, 0) is 42.8 Å². The average molecular weight is 442 g/mol. The van der Waals surface area contributed by atoms with Crippen molar-refractivity contribution in [2.45, 2.75) is 20.0 Å². The van der Waals surface area contributed by atoms with E-state index in [0.717, 1.165) is 16.6 Å². The lowest BCUT2D eigenvalue weighted by molar-refractivity contribution is -0.116. The highest BCUT2D eigenvalue weighted by Crippen LogP contribution is 2.34. The smallest absolute Gasteiger partial charge is 0.251 e. The van der Waals surface area contributed by atoms with E-state index in [1.165, 1.54) is 0 Å². The predicted molar refractivity (Wildman–Crippen MR) is 123 cm³/mol. The molecule has 2 heterocycles. The fourth-order valence-electron chi connectivity index (χ4n) is 3.84. The van der Waals surface area contributed by atoms with Gasteiger partial charge in [0.25, 0.3) is 5.91 Å². The number of aryl methyl sites for hydroxylation is 1. The first kappa shape index (κ1) is 20.6. The Bertz CT molecular complexity index is 1360. The molecule has 0 saturated carbocycles. The SMILES string of the molecule is Cc1ccccc1C(=O)NCc1nc2ccccc2n1CC(=O)Nc1ccc2c(c1)OCO2. The summed E-state index contributed by atoms with van der Waals surface area (Å²) < 4.78 is 12.5. The lowest BCUT2D eigenvalue weighted by Crippen LogP contribution is -2.27. The van der Waals surface area contributed by atoms with E-state index in [-0.39, 0.29) is 31.7 Å². The molecule has 1 aromatic heterocycles. The van der Waals surface area contributed by atoms with E-state index in [1.807, 2.05) is 54.0 Å². The number of carbonyl (C=O) groups excluding carboxylic acids is 2. The number of amides is 2. The first-order valence-electron chi connectivity index (χ1n) is 10.6. The van der Waals surface area contributed by atoms with Gasteiger partial charge in [0.15, 0.2) is 11.5 Å². The summed E-state index contributed by atoms with van der Waals surface area (Å²) in [6, 6.07) is 20.2. The lowest BCUT2D eigenvalue weighted by atomic mass is 10.1. The number of ether oxygens (including phenoxy) is 2. The highest BCUT2D eigenvalue weighted by molar-refractivity contribution is 5.95. The van der Waals surface area contributed by atoms with E-state index in [0.29, 0.717) is 28.6 Å². The molecule has 8 heteroatoms. The van der Waals surface area contributed by atoms with Crippen LogP contribution in [0, 0.1) is 6.92 Å². The maximum atomic E-state index is 12.9. The number of nitrogens with zero attached hydrogens (tertiary/aromatic N) is 2. The summed E-state index contributed by atoms with van der Waals surface area (Å²) >= 11 is 0. The van der Waals surface area contributed by atoms with Crippen LogP contribution in [0.1, 0.15) is 21.7 Å². The summed E-state index contributed by atoms with van der Waals surface area (Å²) in [5, 5.41) is 5.81. The van der Waals surface area contributed by atoms with E-state index in [1.54, 1.807) is 24.3 Å². The van der Waals surface area contributed by atoms with Crippen LogP contribution in [-0.4, -0.2) is 28.2 Å². The van der Waals surface area contributed by atoms with Crippen LogP contribution < -0.4 is 20.1 Å². The van der Waals surface area contributed by atoms with Crippen LogP contribution in [0.4, 0.5) is 5.69 Å². The minimum Gasteiger partial charge on any atom is -0.454 e. The summed E-state index contributed by atoms with van der Waals surface area (Å²) in [4.78, 5) is 30.2. The molecule has 0 aliphatic carbocycles. The first-order chi connectivity index (χ1) is 16.1. The number of hydrogen-bond donors (Lipinski definition) is 2. The summed E-state index contributed by atoms with van der Waals surface area (Å²) in [5.41, 5.74) is 3.70. The summed E-state index contributed by atoms with van der Waals surface area (Å²) in [6.45, 7) is 2.31. The summed E-state index contributed by atoms with van der Waals surface area (Å²) in [6.07, 6.45) is 0. The molecule has 166 valence electrons. The molecule has 1 aliphatic heterocycles. The maximum absolute atomic E-state index is 12.9. The second kappa shape index (κ2) is 8.66. The Morgan fingerprint density at radius 1 is 1.00 bits per heavy atom. The minimum absolute atomic E-state index is 0.0462. The molecule has 0 saturated heterocycles. The molecule has 0 unspecified atom stereocenters. The van der Waals surface area contributed by atoms with Crippen molar-refractivity contribution >= 4 is 28.5 Å². The van der Waals surface area contributed by atoms with E-state index >= 15 is 0 Å². The molecule has 0 fully saturated rings. The molecule has 33 heavy (non-hydrogen) atoms.